The van der Waals surface area contributed by atoms with Crippen LogP contribution in [0.4, 0.5) is 5.69 Å². The van der Waals surface area contributed by atoms with Gasteiger partial charge in [-0.3, -0.25) is 4.79 Å². The molecule has 156 valence electrons. The van der Waals surface area contributed by atoms with E-state index in [1.165, 1.54) is 11.3 Å². The summed E-state index contributed by atoms with van der Waals surface area (Å²) >= 11 is 1.50. The van der Waals surface area contributed by atoms with Crippen LogP contribution in [0.2, 0.25) is 0 Å². The van der Waals surface area contributed by atoms with E-state index in [1.54, 1.807) is 0 Å². The van der Waals surface area contributed by atoms with Crippen molar-refractivity contribution in [1.82, 2.24) is 0 Å². The van der Waals surface area contributed by atoms with Gasteiger partial charge in [-0.2, -0.15) is 10.5 Å². The summed E-state index contributed by atoms with van der Waals surface area (Å²) in [4.78, 5) is 17.1. The molecule has 5 rings (SSSR count). The number of rotatable bonds is 3. The summed E-state index contributed by atoms with van der Waals surface area (Å²) in [5.41, 5.74) is 3.13. The Morgan fingerprint density at radius 3 is 2.53 bits per heavy atom. The van der Waals surface area contributed by atoms with Gasteiger partial charge in [0.05, 0.1) is 24.1 Å². The first-order chi connectivity index (χ1) is 15.5. The van der Waals surface area contributed by atoms with Crippen molar-refractivity contribution in [2.24, 2.45) is 5.41 Å². The molecular weight excluding hydrogens is 414 g/mol. The van der Waals surface area contributed by atoms with E-state index in [4.69, 9.17) is 0 Å². The molecule has 2 aliphatic rings. The minimum Gasteiger partial charge on any atom is -0.351 e. The van der Waals surface area contributed by atoms with Crippen molar-refractivity contribution in [2.75, 3.05) is 4.90 Å². The number of fused-ring (bicyclic) bond motifs is 3. The fourth-order valence-corrected chi connectivity index (χ4v) is 6.19. The summed E-state index contributed by atoms with van der Waals surface area (Å²) in [7, 11) is 0. The van der Waals surface area contributed by atoms with Gasteiger partial charge in [-0.1, -0.05) is 60.2 Å². The molecule has 2 aliphatic heterocycles. The predicted octanol–water partition coefficient (Wildman–Crippen LogP) is 5.65. The van der Waals surface area contributed by atoms with Gasteiger partial charge in [0.25, 0.3) is 0 Å². The van der Waals surface area contributed by atoms with E-state index in [2.05, 4.69) is 12.1 Å². The Hall–Kier alpha value is -3.67. The highest BCUT2D eigenvalue weighted by Crippen LogP contribution is 2.56. The number of carbonyl (C=O) groups is 1. The predicted molar refractivity (Wildman–Crippen MR) is 126 cm³/mol. The molecule has 32 heavy (non-hydrogen) atoms. The van der Waals surface area contributed by atoms with Crippen molar-refractivity contribution in [3.8, 4) is 12.1 Å². The lowest BCUT2D eigenvalue weighted by molar-refractivity contribution is 0.0951. The number of thiophene rings is 1. The van der Waals surface area contributed by atoms with Gasteiger partial charge in [0.1, 0.15) is 6.04 Å². The standard InChI is InChI=1S/C27H21N3OS/c1-17-9-11-20(18(2)14-17)26(31)25-24(22-8-5-13-32-22)27(15-28,16-29)23-12-10-19-6-3-4-7-21(19)30(23)25/h3-14,23-25H,1-2H3/t23-,24+,25+/m1/s1. The van der Waals surface area contributed by atoms with Gasteiger partial charge in [-0.05, 0) is 42.5 Å². The molecular formula is C27H21N3OS. The number of nitrogens with zero attached hydrogens (tertiary/aromatic N) is 3. The highest BCUT2D eigenvalue weighted by Gasteiger charge is 2.63. The van der Waals surface area contributed by atoms with E-state index >= 15 is 0 Å². The third-order valence-corrected chi connectivity index (χ3v) is 7.64. The van der Waals surface area contributed by atoms with E-state index in [9.17, 15) is 15.3 Å². The van der Waals surface area contributed by atoms with Gasteiger partial charge >= 0.3 is 0 Å². The minimum absolute atomic E-state index is 0.0524. The topological polar surface area (TPSA) is 67.9 Å². The van der Waals surface area contributed by atoms with Crippen LogP contribution >= 0.6 is 11.3 Å². The Morgan fingerprint density at radius 2 is 1.84 bits per heavy atom. The SMILES string of the molecule is Cc1ccc(C(=O)[C@@H]2[C@H](c3cccs3)C(C#N)(C#N)[C@H]3C=Cc4ccccc4N23)c(C)c1. The van der Waals surface area contributed by atoms with Crippen LogP contribution in [0.1, 0.15) is 37.8 Å². The van der Waals surface area contributed by atoms with Crippen LogP contribution in [0.15, 0.2) is 66.1 Å². The molecule has 0 N–H and O–H groups in total. The first-order valence-corrected chi connectivity index (χ1v) is 11.4. The lowest BCUT2D eigenvalue weighted by atomic mass is 9.71. The number of hydrogen-bond acceptors (Lipinski definition) is 5. The Morgan fingerprint density at radius 1 is 1.06 bits per heavy atom. The van der Waals surface area contributed by atoms with Crippen LogP contribution in [0.5, 0.6) is 0 Å². The van der Waals surface area contributed by atoms with E-state index < -0.39 is 23.4 Å². The fraction of sp³-hybridized carbons (Fsp3) is 0.222. The second-order valence-electron chi connectivity index (χ2n) is 8.48. The van der Waals surface area contributed by atoms with E-state index in [0.29, 0.717) is 5.56 Å². The molecule has 3 aromatic rings. The van der Waals surface area contributed by atoms with Crippen LogP contribution in [0.3, 0.4) is 0 Å². The lowest BCUT2D eigenvalue weighted by Crippen LogP contribution is -2.44. The summed E-state index contributed by atoms with van der Waals surface area (Å²) in [6.45, 7) is 3.95. The summed E-state index contributed by atoms with van der Waals surface area (Å²) in [6.07, 6.45) is 3.89. The molecule has 4 nitrogen and oxygen atoms in total. The number of aryl methyl sites for hydroxylation is 2. The van der Waals surface area contributed by atoms with Crippen LogP contribution in [-0.4, -0.2) is 17.9 Å². The third kappa shape index (κ3) is 2.75. The van der Waals surface area contributed by atoms with Crippen molar-refractivity contribution in [3.63, 3.8) is 0 Å². The van der Waals surface area contributed by atoms with Crippen molar-refractivity contribution in [2.45, 2.75) is 31.8 Å². The molecule has 0 bridgehead atoms. The molecule has 0 unspecified atom stereocenters. The Bertz CT molecular complexity index is 1310. The number of ketones is 1. The number of benzene rings is 2. The molecule has 3 atom stereocenters. The summed E-state index contributed by atoms with van der Waals surface area (Å²) in [5, 5.41) is 22.7. The maximum Gasteiger partial charge on any atom is 0.186 e. The summed E-state index contributed by atoms with van der Waals surface area (Å²) in [6, 6.07) is 21.1. The monoisotopic (exact) mass is 435 g/mol. The number of para-hydroxylation sites is 1. The second kappa shape index (κ2) is 7.48. The maximum absolute atomic E-state index is 14.2. The number of hydrogen-bond donors (Lipinski definition) is 0. The summed E-state index contributed by atoms with van der Waals surface area (Å²) < 4.78 is 0. The zero-order valence-electron chi connectivity index (χ0n) is 17.8. The average Bonchev–Trinajstić information content (AvgIpc) is 3.43. The van der Waals surface area contributed by atoms with Gasteiger partial charge in [0.15, 0.2) is 11.2 Å². The molecule has 3 heterocycles. The smallest absolute Gasteiger partial charge is 0.186 e. The van der Waals surface area contributed by atoms with Crippen LogP contribution in [0, 0.1) is 41.9 Å². The van der Waals surface area contributed by atoms with E-state index in [1.807, 2.05) is 90.9 Å². The minimum atomic E-state index is -1.38. The molecule has 1 fully saturated rings. The average molecular weight is 436 g/mol. The number of carbonyl (C=O) groups excluding carboxylic acids is 1. The molecule has 0 aliphatic carbocycles. The Kier molecular flexibility index (Phi) is 4.73. The third-order valence-electron chi connectivity index (χ3n) is 6.68. The molecule has 0 saturated carbocycles. The highest BCUT2D eigenvalue weighted by atomic mass is 32.1. The molecule has 0 amide bonds. The lowest BCUT2D eigenvalue weighted by Gasteiger charge is -2.35. The van der Waals surface area contributed by atoms with Gasteiger partial charge < -0.3 is 4.90 Å². The second-order valence-corrected chi connectivity index (χ2v) is 9.46. The van der Waals surface area contributed by atoms with Crippen molar-refractivity contribution >= 4 is 28.9 Å². The number of anilines is 1. The van der Waals surface area contributed by atoms with Crippen molar-refractivity contribution < 1.29 is 4.79 Å². The van der Waals surface area contributed by atoms with Gasteiger partial charge in [0.2, 0.25) is 0 Å². The zero-order valence-corrected chi connectivity index (χ0v) is 18.6. The first kappa shape index (κ1) is 20.2. The zero-order chi connectivity index (χ0) is 22.5. The van der Waals surface area contributed by atoms with Crippen molar-refractivity contribution in [1.29, 1.82) is 10.5 Å². The highest BCUT2D eigenvalue weighted by molar-refractivity contribution is 7.10. The van der Waals surface area contributed by atoms with Gasteiger partial charge in [-0.25, -0.2) is 0 Å². The van der Waals surface area contributed by atoms with Crippen LogP contribution < -0.4 is 4.90 Å². The van der Waals surface area contributed by atoms with Crippen molar-refractivity contribution in [3.05, 3.63) is 93.2 Å². The number of Topliss-reactive ketones (excluding diaryl/α,β-unsaturated/α-hetero) is 1. The molecule has 2 aromatic carbocycles. The normalized spacial score (nSPS) is 22.5. The molecule has 5 heteroatoms. The van der Waals surface area contributed by atoms with Crippen LogP contribution in [-0.2, 0) is 0 Å². The van der Waals surface area contributed by atoms with E-state index in [-0.39, 0.29) is 5.78 Å². The van der Waals surface area contributed by atoms with Gasteiger partial charge in [-0.15, -0.1) is 11.3 Å². The Labute approximate surface area is 191 Å². The first-order valence-electron chi connectivity index (χ1n) is 10.5. The largest absolute Gasteiger partial charge is 0.351 e. The fourth-order valence-electron chi connectivity index (χ4n) is 5.26. The molecule has 0 radical (unpaired) electrons. The quantitative estimate of drug-likeness (QED) is 0.499. The maximum atomic E-state index is 14.2. The Balaban J connectivity index is 1.78. The van der Waals surface area contributed by atoms with E-state index in [0.717, 1.165) is 27.3 Å². The molecule has 1 aromatic heterocycles. The van der Waals surface area contributed by atoms with Crippen LogP contribution in [0.25, 0.3) is 6.08 Å². The number of nitriles is 2. The van der Waals surface area contributed by atoms with Gasteiger partial charge in [0, 0.05) is 16.1 Å². The molecule has 0 spiro atoms. The molecule has 1 saturated heterocycles. The summed E-state index contributed by atoms with van der Waals surface area (Å²) in [5.74, 6) is -0.616.